The average Bonchev–Trinajstić information content (AvgIpc) is 3.10. The van der Waals surface area contributed by atoms with Crippen molar-refractivity contribution in [3.63, 3.8) is 0 Å². The van der Waals surface area contributed by atoms with Crippen molar-refractivity contribution < 1.29 is 14.1 Å². The van der Waals surface area contributed by atoms with Crippen molar-refractivity contribution in [2.45, 2.75) is 6.92 Å². The van der Waals surface area contributed by atoms with E-state index in [9.17, 15) is 10.1 Å². The number of nitro benzene ring substituents is 1. The molecule has 0 bridgehead atoms. The first-order valence-electron chi connectivity index (χ1n) is 6.92. The Kier molecular flexibility index (Phi) is 2.80. The number of fused-ring (bicyclic) bond motifs is 2. The maximum atomic E-state index is 11.0. The summed E-state index contributed by atoms with van der Waals surface area (Å²) in [6.45, 7) is 1.97. The van der Waals surface area contributed by atoms with Gasteiger partial charge in [-0.1, -0.05) is 18.2 Å². The molecule has 114 valence electrons. The van der Waals surface area contributed by atoms with Crippen molar-refractivity contribution in [2.24, 2.45) is 0 Å². The van der Waals surface area contributed by atoms with Crippen LogP contribution in [0.4, 0.5) is 11.4 Å². The Hall–Kier alpha value is -3.35. The number of para-hydroxylation sites is 2. The van der Waals surface area contributed by atoms with Crippen LogP contribution in [0, 0.1) is 17.0 Å². The molecule has 1 aromatic heterocycles. The molecule has 1 N–H and O–H groups in total. The van der Waals surface area contributed by atoms with E-state index < -0.39 is 4.92 Å². The van der Waals surface area contributed by atoms with Gasteiger partial charge in [0, 0.05) is 6.07 Å². The number of nitrogens with one attached hydrogen (secondary N) is 1. The highest BCUT2D eigenvalue weighted by molar-refractivity contribution is 5.83. The van der Waals surface area contributed by atoms with E-state index >= 15 is 0 Å². The molecule has 0 spiro atoms. The minimum Gasteiger partial charge on any atom is -0.439 e. The molecule has 0 atom stereocenters. The molecule has 0 amide bonds. The molecule has 1 aliphatic heterocycles. The average molecular weight is 309 g/mol. The molecule has 7 heteroatoms. The van der Waals surface area contributed by atoms with E-state index in [4.69, 9.17) is 9.15 Å². The minimum absolute atomic E-state index is 0.0877. The van der Waals surface area contributed by atoms with Gasteiger partial charge >= 0.3 is 0 Å². The largest absolute Gasteiger partial charge is 0.439 e. The Morgan fingerprint density at radius 1 is 1.26 bits per heavy atom. The van der Waals surface area contributed by atoms with Gasteiger partial charge in [0.05, 0.1) is 16.7 Å². The second-order valence-corrected chi connectivity index (χ2v) is 5.12. The fraction of sp³-hybridized carbons (Fsp3) is 0.0625. The van der Waals surface area contributed by atoms with Crippen LogP contribution >= 0.6 is 0 Å². The number of hydrogen-bond donors (Lipinski definition) is 1. The van der Waals surface area contributed by atoms with Gasteiger partial charge in [0.2, 0.25) is 11.8 Å². The molecule has 0 radical (unpaired) electrons. The third-order valence-electron chi connectivity index (χ3n) is 3.57. The van der Waals surface area contributed by atoms with Crippen LogP contribution in [0.3, 0.4) is 0 Å². The molecule has 1 aliphatic rings. The summed E-state index contributed by atoms with van der Waals surface area (Å²) in [6.07, 6.45) is 1.57. The summed E-state index contributed by atoms with van der Waals surface area (Å²) in [6, 6.07) is 10.3. The van der Waals surface area contributed by atoms with E-state index in [2.05, 4.69) is 10.3 Å². The summed E-state index contributed by atoms with van der Waals surface area (Å²) in [4.78, 5) is 14.7. The van der Waals surface area contributed by atoms with Gasteiger partial charge in [0.25, 0.3) is 5.69 Å². The van der Waals surface area contributed by atoms with Gasteiger partial charge in [0.1, 0.15) is 0 Å². The van der Waals surface area contributed by atoms with Crippen molar-refractivity contribution in [3.05, 3.63) is 63.8 Å². The number of aryl methyl sites for hydroxylation is 1. The van der Waals surface area contributed by atoms with Crippen molar-refractivity contribution in [3.8, 4) is 5.75 Å². The number of hydrogen-bond acceptors (Lipinski definition) is 6. The molecule has 7 nitrogen and oxygen atoms in total. The summed E-state index contributed by atoms with van der Waals surface area (Å²) < 4.78 is 11.2. The SMILES string of the molecule is Cc1cccc2c1N/C(=C\c1nc3c([N+](=O)[O-])cccc3o1)O2. The van der Waals surface area contributed by atoms with Gasteiger partial charge in [-0.3, -0.25) is 10.1 Å². The first-order chi connectivity index (χ1) is 11.1. The lowest BCUT2D eigenvalue weighted by molar-refractivity contribution is -0.383. The quantitative estimate of drug-likeness (QED) is 0.571. The highest BCUT2D eigenvalue weighted by atomic mass is 16.6. The zero-order valence-electron chi connectivity index (χ0n) is 12.1. The number of rotatable bonds is 2. The summed E-state index contributed by atoms with van der Waals surface area (Å²) in [5.41, 5.74) is 2.43. The summed E-state index contributed by atoms with van der Waals surface area (Å²) in [5.74, 6) is 1.42. The van der Waals surface area contributed by atoms with Crippen LogP contribution in [0.1, 0.15) is 11.5 Å². The summed E-state index contributed by atoms with van der Waals surface area (Å²) >= 11 is 0. The predicted octanol–water partition coefficient (Wildman–Crippen LogP) is 3.85. The van der Waals surface area contributed by atoms with Gasteiger partial charge in [-0.15, -0.1) is 0 Å². The topological polar surface area (TPSA) is 90.4 Å². The number of oxazole rings is 1. The molecule has 0 unspecified atom stereocenters. The first-order valence-corrected chi connectivity index (χ1v) is 6.92. The first kappa shape index (κ1) is 13.3. The van der Waals surface area contributed by atoms with Gasteiger partial charge in [-0.2, -0.15) is 0 Å². The zero-order valence-corrected chi connectivity index (χ0v) is 12.1. The Bertz CT molecular complexity index is 975. The van der Waals surface area contributed by atoms with Crippen LogP contribution in [0.2, 0.25) is 0 Å². The Balaban J connectivity index is 1.73. The van der Waals surface area contributed by atoms with Crippen molar-refractivity contribution in [2.75, 3.05) is 5.32 Å². The second kappa shape index (κ2) is 4.84. The van der Waals surface area contributed by atoms with Crippen LogP contribution in [0.25, 0.3) is 17.2 Å². The van der Waals surface area contributed by atoms with Crippen LogP contribution in [-0.4, -0.2) is 9.91 Å². The van der Waals surface area contributed by atoms with Gasteiger partial charge < -0.3 is 14.5 Å². The van der Waals surface area contributed by atoms with Crippen molar-refractivity contribution in [1.29, 1.82) is 0 Å². The van der Waals surface area contributed by atoms with E-state index in [-0.39, 0.29) is 17.1 Å². The summed E-state index contributed by atoms with van der Waals surface area (Å²) in [5, 5.41) is 14.2. The number of non-ortho nitro benzene ring substituents is 1. The van der Waals surface area contributed by atoms with E-state index in [1.54, 1.807) is 18.2 Å². The predicted molar refractivity (Wildman–Crippen MR) is 84.1 cm³/mol. The van der Waals surface area contributed by atoms with Gasteiger partial charge in [-0.25, -0.2) is 4.98 Å². The normalized spacial score (nSPS) is 14.6. The molecule has 2 heterocycles. The lowest BCUT2D eigenvalue weighted by Crippen LogP contribution is -1.96. The number of nitrogens with zero attached hydrogens (tertiary/aromatic N) is 2. The number of aromatic nitrogens is 1. The molecule has 23 heavy (non-hydrogen) atoms. The molecule has 2 aromatic carbocycles. The highest BCUT2D eigenvalue weighted by Gasteiger charge is 2.20. The van der Waals surface area contributed by atoms with E-state index in [0.717, 1.165) is 17.0 Å². The fourth-order valence-electron chi connectivity index (χ4n) is 2.49. The maximum absolute atomic E-state index is 11.0. The number of benzene rings is 2. The molecule has 3 aromatic rings. The van der Waals surface area contributed by atoms with Crippen LogP contribution in [-0.2, 0) is 0 Å². The monoisotopic (exact) mass is 309 g/mol. The third kappa shape index (κ3) is 2.18. The Morgan fingerprint density at radius 2 is 2.09 bits per heavy atom. The molecule has 0 saturated heterocycles. The Labute approximate surface area is 130 Å². The summed E-state index contributed by atoms with van der Waals surface area (Å²) in [7, 11) is 0. The molecular weight excluding hydrogens is 298 g/mol. The van der Waals surface area contributed by atoms with E-state index in [1.165, 1.54) is 6.07 Å². The standard InChI is InChI=1S/C16H11N3O4/c1-9-4-2-6-11-15(9)17-13(22-11)8-14-18-16-10(19(20)21)5-3-7-12(16)23-14/h2-8,17H,1H3/b13-8+. The van der Waals surface area contributed by atoms with E-state index in [0.29, 0.717) is 11.5 Å². The molecule has 0 fully saturated rings. The van der Waals surface area contributed by atoms with Crippen molar-refractivity contribution >= 4 is 28.6 Å². The smallest absolute Gasteiger partial charge is 0.298 e. The van der Waals surface area contributed by atoms with Gasteiger partial charge in [0.15, 0.2) is 16.8 Å². The van der Waals surface area contributed by atoms with Crippen LogP contribution in [0.15, 0.2) is 46.7 Å². The van der Waals surface area contributed by atoms with Crippen LogP contribution < -0.4 is 10.1 Å². The number of anilines is 1. The number of nitro groups is 1. The zero-order chi connectivity index (χ0) is 16.0. The maximum Gasteiger partial charge on any atom is 0.298 e. The fourth-order valence-corrected chi connectivity index (χ4v) is 2.49. The second-order valence-electron chi connectivity index (χ2n) is 5.12. The third-order valence-corrected chi connectivity index (χ3v) is 3.57. The molecule has 4 rings (SSSR count). The number of ether oxygens (including phenoxy) is 1. The van der Waals surface area contributed by atoms with Crippen molar-refractivity contribution in [1.82, 2.24) is 4.98 Å². The molecule has 0 saturated carbocycles. The van der Waals surface area contributed by atoms with Crippen LogP contribution in [0.5, 0.6) is 5.75 Å². The molecule has 0 aliphatic carbocycles. The lowest BCUT2D eigenvalue weighted by atomic mass is 10.2. The molecular formula is C16H11N3O4. The van der Waals surface area contributed by atoms with Gasteiger partial charge in [-0.05, 0) is 24.6 Å². The lowest BCUT2D eigenvalue weighted by Gasteiger charge is -1.98. The minimum atomic E-state index is -0.481. The van der Waals surface area contributed by atoms with E-state index in [1.807, 2.05) is 25.1 Å². The highest BCUT2D eigenvalue weighted by Crippen LogP contribution is 2.36. The Morgan fingerprint density at radius 3 is 2.87 bits per heavy atom.